The zero-order valence-electron chi connectivity index (χ0n) is 15.6. The van der Waals surface area contributed by atoms with E-state index in [1.54, 1.807) is 18.2 Å². The quantitative estimate of drug-likeness (QED) is 0.552. The molecule has 0 bridgehead atoms. The van der Waals surface area contributed by atoms with Gasteiger partial charge in [-0.05, 0) is 61.4 Å². The molecule has 3 aromatic rings. The minimum atomic E-state index is -0.220. The molecule has 1 aromatic carbocycles. The molecule has 2 amide bonds. The van der Waals surface area contributed by atoms with Gasteiger partial charge in [0.15, 0.2) is 0 Å². The first-order valence-corrected chi connectivity index (χ1v) is 10.6. The summed E-state index contributed by atoms with van der Waals surface area (Å²) in [7, 11) is 0. The first-order chi connectivity index (χ1) is 14.1. The minimum absolute atomic E-state index is 0.0497. The maximum Gasteiger partial charge on any atom is 0.342 e. The largest absolute Gasteiger partial charge is 0.507 e. The fourth-order valence-corrected chi connectivity index (χ4v) is 3.86. The van der Waals surface area contributed by atoms with Crippen LogP contribution in [0.5, 0.6) is 5.75 Å². The van der Waals surface area contributed by atoms with Crippen LogP contribution in [0.3, 0.4) is 0 Å². The standard InChI is InChI=1S/C21H20N4O3S/c26-18-8-7-14(22-20(27)19-2-1-9-29-19)10-15(18)16-11-17(12-3-4-12)25(24-16)21(28)23-13-5-6-13/h1-2,7-13,26H,3-6H2,(H,22,27)(H,23,28). The summed E-state index contributed by atoms with van der Waals surface area (Å²) < 4.78 is 1.43. The second-order valence-corrected chi connectivity index (χ2v) is 8.48. The zero-order valence-corrected chi connectivity index (χ0v) is 16.4. The van der Waals surface area contributed by atoms with Crippen molar-refractivity contribution in [3.63, 3.8) is 0 Å². The van der Waals surface area contributed by atoms with Crippen LogP contribution in [-0.2, 0) is 0 Å². The lowest BCUT2D eigenvalue weighted by Crippen LogP contribution is -2.32. The number of nitrogens with one attached hydrogen (secondary N) is 2. The van der Waals surface area contributed by atoms with E-state index in [4.69, 9.17) is 0 Å². The summed E-state index contributed by atoms with van der Waals surface area (Å²) in [6.07, 6.45) is 4.08. The monoisotopic (exact) mass is 408 g/mol. The number of rotatable bonds is 5. The first kappa shape index (κ1) is 17.9. The molecule has 0 radical (unpaired) electrons. The third-order valence-corrected chi connectivity index (χ3v) is 5.97. The highest BCUT2D eigenvalue weighted by atomic mass is 32.1. The van der Waals surface area contributed by atoms with Crippen molar-refractivity contribution < 1.29 is 14.7 Å². The van der Waals surface area contributed by atoms with E-state index in [0.29, 0.717) is 27.7 Å². The summed E-state index contributed by atoms with van der Waals surface area (Å²) in [6, 6.07) is 10.3. The lowest BCUT2D eigenvalue weighted by molar-refractivity contribution is 0.103. The van der Waals surface area contributed by atoms with Crippen LogP contribution in [0, 0.1) is 0 Å². The maximum atomic E-state index is 12.6. The van der Waals surface area contributed by atoms with Gasteiger partial charge in [-0.1, -0.05) is 6.07 Å². The van der Waals surface area contributed by atoms with E-state index >= 15 is 0 Å². The molecular weight excluding hydrogens is 388 g/mol. The normalized spacial score (nSPS) is 15.9. The van der Waals surface area contributed by atoms with Crippen molar-refractivity contribution in [3.8, 4) is 17.0 Å². The number of aromatic nitrogens is 2. The molecule has 3 N–H and O–H groups in total. The molecule has 2 aliphatic carbocycles. The molecular formula is C21H20N4O3S. The van der Waals surface area contributed by atoms with E-state index in [1.807, 2.05) is 17.5 Å². The summed E-state index contributed by atoms with van der Waals surface area (Å²) in [6.45, 7) is 0. The molecule has 0 spiro atoms. The van der Waals surface area contributed by atoms with Crippen molar-refractivity contribution in [2.24, 2.45) is 0 Å². The number of thiophene rings is 1. The van der Waals surface area contributed by atoms with Gasteiger partial charge < -0.3 is 15.7 Å². The highest BCUT2D eigenvalue weighted by Crippen LogP contribution is 2.42. The van der Waals surface area contributed by atoms with Crippen molar-refractivity contribution in [2.75, 3.05) is 5.32 Å². The van der Waals surface area contributed by atoms with Crippen LogP contribution >= 0.6 is 11.3 Å². The van der Waals surface area contributed by atoms with Gasteiger partial charge in [0.1, 0.15) is 5.75 Å². The summed E-state index contributed by atoms with van der Waals surface area (Å²) in [5.74, 6) is 0.170. The average Bonchev–Trinajstić information content (AvgIpc) is 3.62. The Bertz CT molecular complexity index is 1080. The zero-order chi connectivity index (χ0) is 20.0. The highest BCUT2D eigenvalue weighted by Gasteiger charge is 2.32. The average molecular weight is 408 g/mol. The van der Waals surface area contributed by atoms with Gasteiger partial charge in [-0.3, -0.25) is 4.79 Å². The van der Waals surface area contributed by atoms with E-state index in [0.717, 1.165) is 31.4 Å². The van der Waals surface area contributed by atoms with Crippen molar-refractivity contribution in [3.05, 3.63) is 52.3 Å². The van der Waals surface area contributed by atoms with E-state index < -0.39 is 0 Å². The number of hydrogen-bond acceptors (Lipinski definition) is 5. The Morgan fingerprint density at radius 1 is 1.14 bits per heavy atom. The van der Waals surface area contributed by atoms with E-state index in [1.165, 1.54) is 22.1 Å². The molecule has 2 aromatic heterocycles. The van der Waals surface area contributed by atoms with E-state index in [2.05, 4.69) is 15.7 Å². The van der Waals surface area contributed by atoms with Gasteiger partial charge in [-0.15, -0.1) is 11.3 Å². The fourth-order valence-electron chi connectivity index (χ4n) is 3.24. The molecule has 0 unspecified atom stereocenters. The van der Waals surface area contributed by atoms with Crippen molar-refractivity contribution >= 4 is 29.0 Å². The van der Waals surface area contributed by atoms with E-state index in [9.17, 15) is 14.7 Å². The van der Waals surface area contributed by atoms with E-state index in [-0.39, 0.29) is 23.7 Å². The van der Waals surface area contributed by atoms with Crippen LogP contribution in [0.2, 0.25) is 0 Å². The number of nitrogens with zero attached hydrogens (tertiary/aromatic N) is 2. The van der Waals surface area contributed by atoms with Crippen molar-refractivity contribution in [1.29, 1.82) is 0 Å². The van der Waals surface area contributed by atoms with Crippen LogP contribution in [0.15, 0.2) is 41.8 Å². The van der Waals surface area contributed by atoms with Crippen LogP contribution in [0.1, 0.15) is 47.0 Å². The second kappa shape index (κ2) is 7.04. The lowest BCUT2D eigenvalue weighted by Gasteiger charge is -2.08. The SMILES string of the molecule is O=C(Nc1ccc(O)c(-c2cc(C3CC3)n(C(=O)NC3CC3)n2)c1)c1cccs1. The predicted octanol–water partition coefficient (Wildman–Crippen LogP) is 4.17. The van der Waals surface area contributed by atoms with Crippen molar-refractivity contribution in [2.45, 2.75) is 37.6 Å². The Kier molecular flexibility index (Phi) is 4.35. The predicted molar refractivity (Wildman–Crippen MR) is 111 cm³/mol. The number of carbonyl (C=O) groups excluding carboxylic acids is 2. The third-order valence-electron chi connectivity index (χ3n) is 5.11. The highest BCUT2D eigenvalue weighted by molar-refractivity contribution is 7.12. The molecule has 5 rings (SSSR count). The Morgan fingerprint density at radius 3 is 2.66 bits per heavy atom. The number of carbonyl (C=O) groups is 2. The van der Waals surface area contributed by atoms with Crippen LogP contribution in [0.25, 0.3) is 11.3 Å². The van der Waals surface area contributed by atoms with Gasteiger partial charge in [0, 0.05) is 23.2 Å². The first-order valence-electron chi connectivity index (χ1n) is 9.67. The Labute approximate surface area is 171 Å². The molecule has 29 heavy (non-hydrogen) atoms. The summed E-state index contributed by atoms with van der Waals surface area (Å²) >= 11 is 1.36. The van der Waals surface area contributed by atoms with Crippen LogP contribution < -0.4 is 10.6 Å². The number of anilines is 1. The lowest BCUT2D eigenvalue weighted by atomic mass is 10.1. The number of benzene rings is 1. The van der Waals surface area contributed by atoms with Gasteiger partial charge in [-0.25, -0.2) is 4.79 Å². The molecule has 148 valence electrons. The van der Waals surface area contributed by atoms with Crippen molar-refractivity contribution in [1.82, 2.24) is 15.1 Å². The molecule has 0 aliphatic heterocycles. The molecule has 0 atom stereocenters. The van der Waals surface area contributed by atoms with Gasteiger partial charge in [0.2, 0.25) is 0 Å². The summed E-state index contributed by atoms with van der Waals surface area (Å²) in [5.41, 5.74) is 2.42. The molecule has 2 saturated carbocycles. The number of phenolic OH excluding ortho intramolecular Hbond substituents is 1. The third kappa shape index (κ3) is 3.75. The molecule has 2 aliphatic rings. The maximum absolute atomic E-state index is 12.6. The van der Waals surface area contributed by atoms with Gasteiger partial charge in [0.05, 0.1) is 16.3 Å². The number of phenols is 1. The van der Waals surface area contributed by atoms with Gasteiger partial charge in [0.25, 0.3) is 5.91 Å². The molecule has 0 saturated heterocycles. The van der Waals surface area contributed by atoms with Gasteiger partial charge >= 0.3 is 6.03 Å². The van der Waals surface area contributed by atoms with Crippen LogP contribution in [-0.4, -0.2) is 32.9 Å². The molecule has 7 nitrogen and oxygen atoms in total. The topological polar surface area (TPSA) is 96.2 Å². The van der Waals surface area contributed by atoms with Gasteiger partial charge in [-0.2, -0.15) is 9.78 Å². The Hall–Kier alpha value is -3.13. The molecule has 8 heteroatoms. The fraction of sp³-hybridized carbons (Fsp3) is 0.286. The second-order valence-electron chi connectivity index (χ2n) is 7.53. The number of hydrogen-bond donors (Lipinski definition) is 3. The molecule has 2 heterocycles. The number of aromatic hydroxyl groups is 1. The smallest absolute Gasteiger partial charge is 0.342 e. The number of amides is 2. The summed E-state index contributed by atoms with van der Waals surface area (Å²) in [5, 5.41) is 22.5. The summed E-state index contributed by atoms with van der Waals surface area (Å²) in [4.78, 5) is 25.5. The minimum Gasteiger partial charge on any atom is -0.507 e. The Morgan fingerprint density at radius 2 is 1.97 bits per heavy atom. The van der Waals surface area contributed by atoms with Crippen LogP contribution in [0.4, 0.5) is 10.5 Å². The Balaban J connectivity index is 1.45. The molecule has 2 fully saturated rings.